The summed E-state index contributed by atoms with van der Waals surface area (Å²) in [5.41, 5.74) is -1.51. The van der Waals surface area contributed by atoms with Gasteiger partial charge in [0.25, 0.3) is 5.91 Å². The van der Waals surface area contributed by atoms with Gasteiger partial charge in [-0.2, -0.15) is 13.2 Å². The summed E-state index contributed by atoms with van der Waals surface area (Å²) in [6, 6.07) is 5.84. The Morgan fingerprint density at radius 2 is 1.78 bits per heavy atom. The van der Waals surface area contributed by atoms with Gasteiger partial charge in [0.1, 0.15) is 17.3 Å². The van der Waals surface area contributed by atoms with Crippen LogP contribution in [0.5, 0.6) is 0 Å². The summed E-state index contributed by atoms with van der Waals surface area (Å²) in [7, 11) is 0. The van der Waals surface area contributed by atoms with Gasteiger partial charge in [-0.25, -0.2) is 13.8 Å². The topological polar surface area (TPSA) is 42.0 Å². The molecule has 3 rings (SSSR count). The Kier molecular flexibility index (Phi) is 5.16. The van der Waals surface area contributed by atoms with Crippen molar-refractivity contribution in [1.82, 2.24) is 4.98 Å². The fourth-order valence-corrected chi connectivity index (χ4v) is 3.30. The predicted octanol–water partition coefficient (Wildman–Crippen LogP) is 6.01. The van der Waals surface area contributed by atoms with Crippen molar-refractivity contribution in [2.45, 2.75) is 6.18 Å². The van der Waals surface area contributed by atoms with Crippen molar-refractivity contribution in [2.75, 3.05) is 5.32 Å². The standard InChI is InChI=1S/C17H8ClF5N2OS/c18-10-5-4-8(17(21,22)23)6-9(10)13-7-24-16(27-13)15(26)25-14-11(19)2-1-3-12(14)20/h1-7H,(H,25,26). The number of hydrogen-bond acceptors (Lipinski definition) is 3. The van der Waals surface area contributed by atoms with E-state index < -0.39 is 35.0 Å². The van der Waals surface area contributed by atoms with Crippen LogP contribution in [0.25, 0.3) is 10.4 Å². The van der Waals surface area contributed by atoms with E-state index in [1.165, 1.54) is 6.20 Å². The fourth-order valence-electron chi connectivity index (χ4n) is 2.18. The second-order valence-electron chi connectivity index (χ2n) is 5.27. The number of halogens is 6. The van der Waals surface area contributed by atoms with Crippen LogP contribution in [0, 0.1) is 11.6 Å². The zero-order valence-electron chi connectivity index (χ0n) is 13.1. The molecular formula is C17H8ClF5N2OS. The maximum Gasteiger partial charge on any atom is 0.416 e. The molecule has 3 nitrogen and oxygen atoms in total. The van der Waals surface area contributed by atoms with Crippen molar-refractivity contribution in [3.63, 3.8) is 0 Å². The molecule has 0 aliphatic carbocycles. The third kappa shape index (κ3) is 4.09. The Morgan fingerprint density at radius 1 is 1.11 bits per heavy atom. The summed E-state index contributed by atoms with van der Waals surface area (Å²) >= 11 is 6.69. The maximum absolute atomic E-state index is 13.6. The first-order valence-corrected chi connectivity index (χ1v) is 8.44. The normalized spacial score (nSPS) is 11.5. The lowest BCUT2D eigenvalue weighted by Crippen LogP contribution is -2.13. The molecule has 0 radical (unpaired) electrons. The highest BCUT2D eigenvalue weighted by Gasteiger charge is 2.31. The first kappa shape index (κ1) is 19.2. The SMILES string of the molecule is O=C(Nc1c(F)cccc1F)c1ncc(-c2cc(C(F)(F)F)ccc2Cl)s1. The molecule has 0 unspecified atom stereocenters. The highest BCUT2D eigenvalue weighted by Crippen LogP contribution is 2.38. The average molecular weight is 419 g/mol. The van der Waals surface area contributed by atoms with Gasteiger partial charge in [0.15, 0.2) is 5.01 Å². The minimum Gasteiger partial charge on any atom is -0.315 e. The fraction of sp³-hybridized carbons (Fsp3) is 0.0588. The number of carbonyl (C=O) groups excluding carboxylic acids is 1. The number of anilines is 1. The number of benzene rings is 2. The van der Waals surface area contributed by atoms with Gasteiger partial charge < -0.3 is 5.32 Å². The summed E-state index contributed by atoms with van der Waals surface area (Å²) in [6.07, 6.45) is -3.40. The molecule has 3 aromatic rings. The minimum atomic E-state index is -4.56. The lowest BCUT2D eigenvalue weighted by atomic mass is 10.1. The van der Waals surface area contributed by atoms with E-state index in [4.69, 9.17) is 11.6 Å². The number of para-hydroxylation sites is 1. The van der Waals surface area contributed by atoms with E-state index in [1.54, 1.807) is 0 Å². The third-order valence-corrected chi connectivity index (χ3v) is 4.82. The lowest BCUT2D eigenvalue weighted by molar-refractivity contribution is -0.137. The van der Waals surface area contributed by atoms with E-state index in [0.717, 1.165) is 47.7 Å². The second kappa shape index (κ2) is 7.24. The number of rotatable bonds is 3. The van der Waals surface area contributed by atoms with Crippen molar-refractivity contribution in [2.24, 2.45) is 0 Å². The third-order valence-electron chi connectivity index (χ3n) is 3.46. The Balaban J connectivity index is 1.90. The molecule has 0 atom stereocenters. The van der Waals surface area contributed by atoms with Gasteiger partial charge in [0.05, 0.1) is 10.4 Å². The number of alkyl halides is 3. The smallest absolute Gasteiger partial charge is 0.315 e. The Morgan fingerprint density at radius 3 is 2.41 bits per heavy atom. The van der Waals surface area contributed by atoms with Gasteiger partial charge in [0.2, 0.25) is 0 Å². The van der Waals surface area contributed by atoms with Crippen LogP contribution in [0.3, 0.4) is 0 Å². The van der Waals surface area contributed by atoms with Crippen LogP contribution in [0.4, 0.5) is 27.6 Å². The molecule has 0 aliphatic rings. The Bertz CT molecular complexity index is 999. The van der Waals surface area contributed by atoms with Gasteiger partial charge in [-0.1, -0.05) is 17.7 Å². The average Bonchev–Trinajstić information content (AvgIpc) is 3.07. The first-order chi connectivity index (χ1) is 12.7. The van der Waals surface area contributed by atoms with Gasteiger partial charge in [-0.05, 0) is 30.3 Å². The number of thiazole rings is 1. The van der Waals surface area contributed by atoms with Crippen molar-refractivity contribution >= 4 is 34.5 Å². The van der Waals surface area contributed by atoms with Crippen molar-refractivity contribution in [3.8, 4) is 10.4 Å². The number of nitrogens with one attached hydrogen (secondary N) is 1. The van der Waals surface area contributed by atoms with Gasteiger partial charge in [0, 0.05) is 16.8 Å². The molecule has 0 spiro atoms. The number of hydrogen-bond donors (Lipinski definition) is 1. The summed E-state index contributed by atoms with van der Waals surface area (Å²) in [5, 5.41) is 1.90. The summed E-state index contributed by atoms with van der Waals surface area (Å²) in [5.74, 6) is -2.85. The van der Waals surface area contributed by atoms with Crippen LogP contribution in [0.2, 0.25) is 5.02 Å². The van der Waals surface area contributed by atoms with E-state index in [9.17, 15) is 26.7 Å². The number of amides is 1. The van der Waals surface area contributed by atoms with Crippen molar-refractivity contribution < 1.29 is 26.7 Å². The van der Waals surface area contributed by atoms with Crippen molar-refractivity contribution in [3.05, 3.63) is 69.8 Å². The van der Waals surface area contributed by atoms with E-state index >= 15 is 0 Å². The molecule has 140 valence electrons. The molecular weight excluding hydrogens is 411 g/mol. The van der Waals surface area contributed by atoms with Gasteiger partial charge >= 0.3 is 6.18 Å². The van der Waals surface area contributed by atoms with Crippen LogP contribution >= 0.6 is 22.9 Å². The number of nitrogens with zero attached hydrogens (tertiary/aromatic N) is 1. The molecule has 0 saturated heterocycles. The molecule has 0 fully saturated rings. The number of aromatic nitrogens is 1. The second-order valence-corrected chi connectivity index (χ2v) is 6.71. The van der Waals surface area contributed by atoms with E-state index in [-0.39, 0.29) is 20.5 Å². The monoisotopic (exact) mass is 418 g/mol. The molecule has 10 heteroatoms. The van der Waals surface area contributed by atoms with Crippen LogP contribution in [-0.4, -0.2) is 10.9 Å². The zero-order chi connectivity index (χ0) is 19.8. The van der Waals surface area contributed by atoms with E-state index in [1.807, 2.05) is 0 Å². The summed E-state index contributed by atoms with van der Waals surface area (Å²) in [6.45, 7) is 0. The molecule has 1 aromatic heterocycles. The van der Waals surface area contributed by atoms with Crippen LogP contribution in [0.1, 0.15) is 15.4 Å². The highest BCUT2D eigenvalue weighted by molar-refractivity contribution is 7.17. The molecule has 1 amide bonds. The van der Waals surface area contributed by atoms with Crippen molar-refractivity contribution in [1.29, 1.82) is 0 Å². The van der Waals surface area contributed by atoms with Crippen LogP contribution < -0.4 is 5.32 Å². The summed E-state index contributed by atoms with van der Waals surface area (Å²) < 4.78 is 65.8. The molecule has 0 bridgehead atoms. The number of carbonyl (C=O) groups is 1. The van der Waals surface area contributed by atoms with Gasteiger partial charge in [-0.15, -0.1) is 11.3 Å². The molecule has 1 heterocycles. The first-order valence-electron chi connectivity index (χ1n) is 7.25. The van der Waals surface area contributed by atoms with Crippen LogP contribution in [-0.2, 0) is 6.18 Å². The predicted molar refractivity (Wildman–Crippen MR) is 91.9 cm³/mol. The van der Waals surface area contributed by atoms with E-state index in [0.29, 0.717) is 0 Å². The minimum absolute atomic E-state index is 0.0405. The molecule has 27 heavy (non-hydrogen) atoms. The summed E-state index contributed by atoms with van der Waals surface area (Å²) in [4.78, 5) is 16.2. The Labute approximate surface area is 158 Å². The zero-order valence-corrected chi connectivity index (χ0v) is 14.6. The van der Waals surface area contributed by atoms with Gasteiger partial charge in [-0.3, -0.25) is 4.79 Å². The molecule has 1 N–H and O–H groups in total. The lowest BCUT2D eigenvalue weighted by Gasteiger charge is -2.09. The highest BCUT2D eigenvalue weighted by atomic mass is 35.5. The quantitative estimate of drug-likeness (QED) is 0.529. The molecule has 2 aromatic carbocycles. The Hall–Kier alpha value is -2.52. The molecule has 0 saturated carbocycles. The molecule has 0 aliphatic heterocycles. The van der Waals surface area contributed by atoms with Crippen LogP contribution in [0.15, 0.2) is 42.6 Å². The van der Waals surface area contributed by atoms with E-state index in [2.05, 4.69) is 10.3 Å². The largest absolute Gasteiger partial charge is 0.416 e. The maximum atomic E-state index is 13.6.